The zero-order valence-corrected chi connectivity index (χ0v) is 15.7. The van der Waals surface area contributed by atoms with Crippen molar-refractivity contribution in [1.82, 2.24) is 9.80 Å². The van der Waals surface area contributed by atoms with Crippen molar-refractivity contribution in [1.29, 1.82) is 0 Å². The van der Waals surface area contributed by atoms with Crippen LogP contribution >= 0.6 is 11.3 Å². The molecule has 3 heterocycles. The number of rotatable bonds is 8. The van der Waals surface area contributed by atoms with Gasteiger partial charge in [-0.25, -0.2) is 0 Å². The molecule has 27 heavy (non-hydrogen) atoms. The Morgan fingerprint density at radius 3 is 2.33 bits per heavy atom. The van der Waals surface area contributed by atoms with Crippen LogP contribution in [0.3, 0.4) is 0 Å². The predicted molar refractivity (Wildman–Crippen MR) is 104 cm³/mol. The minimum atomic E-state index is -0.188. The van der Waals surface area contributed by atoms with Crippen molar-refractivity contribution in [2.75, 3.05) is 13.1 Å². The molecular weight excluding hydrogens is 360 g/mol. The van der Waals surface area contributed by atoms with Gasteiger partial charge in [-0.2, -0.15) is 0 Å². The SMILES string of the molecule is O=C1c2ccccc2C(=O)N1CCCN(Cc1ccco1)Cc1cccs1. The van der Waals surface area contributed by atoms with Crippen molar-refractivity contribution in [2.24, 2.45) is 0 Å². The van der Waals surface area contributed by atoms with Crippen LogP contribution < -0.4 is 0 Å². The van der Waals surface area contributed by atoms with Gasteiger partial charge in [-0.3, -0.25) is 19.4 Å². The maximum absolute atomic E-state index is 12.5. The molecule has 2 amide bonds. The van der Waals surface area contributed by atoms with Gasteiger partial charge in [0.2, 0.25) is 0 Å². The summed E-state index contributed by atoms with van der Waals surface area (Å²) in [5, 5.41) is 2.07. The van der Waals surface area contributed by atoms with Gasteiger partial charge in [0.25, 0.3) is 11.8 Å². The van der Waals surface area contributed by atoms with Gasteiger partial charge in [-0.05, 0) is 42.1 Å². The van der Waals surface area contributed by atoms with Crippen molar-refractivity contribution in [3.05, 3.63) is 81.9 Å². The summed E-state index contributed by atoms with van der Waals surface area (Å²) in [6, 6.07) is 15.0. The predicted octanol–water partition coefficient (Wildman–Crippen LogP) is 4.03. The zero-order chi connectivity index (χ0) is 18.6. The summed E-state index contributed by atoms with van der Waals surface area (Å²) < 4.78 is 5.48. The number of thiophene rings is 1. The smallest absolute Gasteiger partial charge is 0.261 e. The van der Waals surface area contributed by atoms with Crippen LogP contribution in [0, 0.1) is 0 Å². The molecule has 0 aliphatic carbocycles. The van der Waals surface area contributed by atoms with Gasteiger partial charge in [0.1, 0.15) is 5.76 Å². The lowest BCUT2D eigenvalue weighted by Gasteiger charge is -2.22. The molecule has 1 aliphatic heterocycles. The molecule has 0 fully saturated rings. The van der Waals surface area contributed by atoms with E-state index in [4.69, 9.17) is 4.42 Å². The molecule has 1 aromatic carbocycles. The quantitative estimate of drug-likeness (QED) is 0.554. The molecule has 0 bridgehead atoms. The Bertz CT molecular complexity index is 848. The maximum atomic E-state index is 12.5. The molecule has 0 spiro atoms. The van der Waals surface area contributed by atoms with E-state index in [1.165, 1.54) is 9.78 Å². The average molecular weight is 380 g/mol. The molecule has 0 N–H and O–H groups in total. The molecule has 5 nitrogen and oxygen atoms in total. The van der Waals surface area contributed by atoms with E-state index in [0.717, 1.165) is 25.3 Å². The van der Waals surface area contributed by atoms with Crippen LogP contribution in [-0.4, -0.2) is 34.7 Å². The minimum absolute atomic E-state index is 0.188. The van der Waals surface area contributed by atoms with Gasteiger partial charge in [0.15, 0.2) is 0 Å². The lowest BCUT2D eigenvalue weighted by molar-refractivity contribution is 0.0645. The van der Waals surface area contributed by atoms with E-state index in [1.807, 2.05) is 18.2 Å². The number of hydrogen-bond donors (Lipinski definition) is 0. The van der Waals surface area contributed by atoms with E-state index in [1.54, 1.807) is 41.9 Å². The van der Waals surface area contributed by atoms with Gasteiger partial charge in [0.05, 0.1) is 23.9 Å². The highest BCUT2D eigenvalue weighted by atomic mass is 32.1. The molecule has 3 aromatic rings. The normalized spacial score (nSPS) is 13.6. The monoisotopic (exact) mass is 380 g/mol. The minimum Gasteiger partial charge on any atom is -0.468 e. The second-order valence-electron chi connectivity index (χ2n) is 6.53. The number of hydrogen-bond acceptors (Lipinski definition) is 5. The number of imide groups is 1. The number of carbonyl (C=O) groups is 2. The van der Waals surface area contributed by atoms with E-state index >= 15 is 0 Å². The van der Waals surface area contributed by atoms with Gasteiger partial charge in [0, 0.05) is 24.5 Å². The van der Waals surface area contributed by atoms with E-state index in [2.05, 4.69) is 16.3 Å². The lowest BCUT2D eigenvalue weighted by Crippen LogP contribution is -2.33. The fourth-order valence-electron chi connectivity index (χ4n) is 3.35. The third kappa shape index (κ3) is 3.86. The Balaban J connectivity index is 1.38. The van der Waals surface area contributed by atoms with E-state index < -0.39 is 0 Å². The largest absolute Gasteiger partial charge is 0.468 e. The highest BCUT2D eigenvalue weighted by molar-refractivity contribution is 7.09. The third-order valence-corrected chi connectivity index (χ3v) is 5.51. The number of benzene rings is 1. The Labute approximate surface area is 161 Å². The molecule has 0 saturated heterocycles. The van der Waals surface area contributed by atoms with Crippen LogP contribution in [-0.2, 0) is 13.1 Å². The molecule has 6 heteroatoms. The average Bonchev–Trinajstić information content (AvgIpc) is 3.42. The second-order valence-corrected chi connectivity index (χ2v) is 7.56. The molecule has 4 rings (SSSR count). The molecule has 138 valence electrons. The first-order chi connectivity index (χ1) is 13.2. The van der Waals surface area contributed by atoms with E-state index in [-0.39, 0.29) is 11.8 Å². The molecule has 2 aromatic heterocycles. The first kappa shape index (κ1) is 17.7. The summed E-state index contributed by atoms with van der Waals surface area (Å²) in [6.45, 7) is 2.71. The Morgan fingerprint density at radius 1 is 0.926 bits per heavy atom. The summed E-state index contributed by atoms with van der Waals surface area (Å²) in [7, 11) is 0. The van der Waals surface area contributed by atoms with Gasteiger partial charge in [-0.15, -0.1) is 11.3 Å². The van der Waals surface area contributed by atoms with Crippen molar-refractivity contribution in [3.8, 4) is 0 Å². The van der Waals surface area contributed by atoms with Crippen LogP contribution in [0.25, 0.3) is 0 Å². The first-order valence-electron chi connectivity index (χ1n) is 8.95. The van der Waals surface area contributed by atoms with Crippen LogP contribution in [0.2, 0.25) is 0 Å². The van der Waals surface area contributed by atoms with E-state index in [9.17, 15) is 9.59 Å². The fraction of sp³-hybridized carbons (Fsp3) is 0.238. The zero-order valence-electron chi connectivity index (χ0n) is 14.8. The topological polar surface area (TPSA) is 53.8 Å². The number of furan rings is 1. The number of carbonyl (C=O) groups excluding carboxylic acids is 2. The lowest BCUT2D eigenvalue weighted by atomic mass is 10.1. The molecule has 0 radical (unpaired) electrons. The summed E-state index contributed by atoms with van der Waals surface area (Å²) in [6.07, 6.45) is 2.40. The Morgan fingerprint density at radius 2 is 1.70 bits per heavy atom. The molecule has 0 saturated carbocycles. The summed E-state index contributed by atoms with van der Waals surface area (Å²) in [5.74, 6) is 0.533. The van der Waals surface area contributed by atoms with Crippen molar-refractivity contribution < 1.29 is 14.0 Å². The molecule has 0 atom stereocenters. The number of amides is 2. The van der Waals surface area contributed by atoms with Crippen LogP contribution in [0.1, 0.15) is 37.8 Å². The number of fused-ring (bicyclic) bond motifs is 1. The van der Waals surface area contributed by atoms with Crippen LogP contribution in [0.5, 0.6) is 0 Å². The van der Waals surface area contributed by atoms with Gasteiger partial charge >= 0.3 is 0 Å². The summed E-state index contributed by atoms with van der Waals surface area (Å²) in [5.41, 5.74) is 1.02. The van der Waals surface area contributed by atoms with Crippen molar-refractivity contribution in [3.63, 3.8) is 0 Å². The van der Waals surface area contributed by atoms with Gasteiger partial charge < -0.3 is 4.42 Å². The van der Waals surface area contributed by atoms with Crippen molar-refractivity contribution >= 4 is 23.2 Å². The standard InChI is InChI=1S/C21H20N2O3S/c24-20-18-8-1-2-9-19(18)21(25)23(20)11-5-10-22(14-16-6-3-12-26-16)15-17-7-4-13-27-17/h1-4,6-9,12-13H,5,10-11,14-15H2. The van der Waals surface area contributed by atoms with Crippen LogP contribution in [0.4, 0.5) is 0 Å². The summed E-state index contributed by atoms with van der Waals surface area (Å²) in [4.78, 5) is 29.9. The Hall–Kier alpha value is -2.70. The highest BCUT2D eigenvalue weighted by Crippen LogP contribution is 2.23. The Kier molecular flexibility index (Phi) is 5.18. The highest BCUT2D eigenvalue weighted by Gasteiger charge is 2.34. The van der Waals surface area contributed by atoms with Gasteiger partial charge in [-0.1, -0.05) is 18.2 Å². The molecule has 1 aliphatic rings. The first-order valence-corrected chi connectivity index (χ1v) is 9.82. The van der Waals surface area contributed by atoms with Crippen LogP contribution in [0.15, 0.2) is 64.6 Å². The number of nitrogens with zero attached hydrogens (tertiary/aromatic N) is 2. The summed E-state index contributed by atoms with van der Waals surface area (Å²) >= 11 is 1.72. The molecular formula is C21H20N2O3S. The molecule has 0 unspecified atom stereocenters. The second kappa shape index (κ2) is 7.90. The maximum Gasteiger partial charge on any atom is 0.261 e. The third-order valence-electron chi connectivity index (χ3n) is 4.65. The fourth-order valence-corrected chi connectivity index (χ4v) is 4.10. The van der Waals surface area contributed by atoms with Crippen molar-refractivity contribution in [2.45, 2.75) is 19.5 Å². The van der Waals surface area contributed by atoms with E-state index in [0.29, 0.717) is 24.2 Å².